The molecule has 0 heterocycles. The molecule has 1 aromatic carbocycles. The van der Waals surface area contributed by atoms with Crippen LogP contribution in [0.4, 0.5) is 0 Å². The number of alkyl halides is 1. The molecule has 4 heteroatoms. The number of methoxy groups -OCH3 is 1. The molecule has 1 rings (SSSR count). The summed E-state index contributed by atoms with van der Waals surface area (Å²) in [6.45, 7) is 2.68. The Morgan fingerprint density at radius 3 is 2.78 bits per heavy atom. The molecule has 0 aromatic heterocycles. The number of hydrogen-bond donors (Lipinski definition) is 1. The standard InChI is InChI=1S/C14H20BrNO2/c1-11-6-7-12(10-13(11)18-2)14(17)16-9-5-3-4-8-15/h6-7,10H,3-5,8-9H2,1-2H3,(H,16,17). The van der Waals surface area contributed by atoms with Gasteiger partial charge in [0.15, 0.2) is 0 Å². The molecule has 1 N–H and O–H groups in total. The topological polar surface area (TPSA) is 38.3 Å². The molecule has 0 unspecified atom stereocenters. The molecule has 1 aromatic rings. The Bertz CT molecular complexity index is 393. The molecule has 0 aliphatic rings. The van der Waals surface area contributed by atoms with Crippen LogP contribution in [0.3, 0.4) is 0 Å². The molecule has 100 valence electrons. The van der Waals surface area contributed by atoms with Gasteiger partial charge in [-0.3, -0.25) is 4.79 Å². The summed E-state index contributed by atoms with van der Waals surface area (Å²) in [4.78, 5) is 11.9. The average Bonchev–Trinajstić information content (AvgIpc) is 2.38. The van der Waals surface area contributed by atoms with Crippen LogP contribution in [0.25, 0.3) is 0 Å². The van der Waals surface area contributed by atoms with Gasteiger partial charge in [0, 0.05) is 17.4 Å². The van der Waals surface area contributed by atoms with Crippen molar-refractivity contribution in [2.45, 2.75) is 26.2 Å². The van der Waals surface area contributed by atoms with Crippen LogP contribution < -0.4 is 10.1 Å². The lowest BCUT2D eigenvalue weighted by Gasteiger charge is -2.08. The summed E-state index contributed by atoms with van der Waals surface area (Å²) >= 11 is 3.39. The number of halogens is 1. The maximum absolute atomic E-state index is 11.9. The Morgan fingerprint density at radius 1 is 1.33 bits per heavy atom. The molecule has 0 atom stereocenters. The van der Waals surface area contributed by atoms with Gasteiger partial charge in [0.25, 0.3) is 5.91 Å². The van der Waals surface area contributed by atoms with E-state index in [0.29, 0.717) is 5.56 Å². The molecule has 0 fully saturated rings. The molecule has 0 radical (unpaired) electrons. The van der Waals surface area contributed by atoms with Gasteiger partial charge in [-0.2, -0.15) is 0 Å². The summed E-state index contributed by atoms with van der Waals surface area (Å²) in [6.07, 6.45) is 3.29. The van der Waals surface area contributed by atoms with Crippen molar-refractivity contribution in [1.29, 1.82) is 0 Å². The number of nitrogens with one attached hydrogen (secondary N) is 1. The van der Waals surface area contributed by atoms with Gasteiger partial charge in [0.2, 0.25) is 0 Å². The minimum atomic E-state index is -0.0351. The molecule has 18 heavy (non-hydrogen) atoms. The number of unbranched alkanes of at least 4 members (excludes halogenated alkanes) is 2. The average molecular weight is 314 g/mol. The first-order valence-electron chi connectivity index (χ1n) is 6.18. The highest BCUT2D eigenvalue weighted by atomic mass is 79.9. The molecule has 3 nitrogen and oxygen atoms in total. The van der Waals surface area contributed by atoms with Crippen LogP contribution in [0.2, 0.25) is 0 Å². The van der Waals surface area contributed by atoms with E-state index in [1.165, 1.54) is 0 Å². The smallest absolute Gasteiger partial charge is 0.251 e. The van der Waals surface area contributed by atoms with Crippen molar-refractivity contribution in [3.05, 3.63) is 29.3 Å². The van der Waals surface area contributed by atoms with Crippen LogP contribution in [0.1, 0.15) is 35.2 Å². The molecule has 0 saturated heterocycles. The zero-order valence-corrected chi connectivity index (χ0v) is 12.5. The van der Waals surface area contributed by atoms with E-state index in [4.69, 9.17) is 4.74 Å². The van der Waals surface area contributed by atoms with Gasteiger partial charge >= 0.3 is 0 Å². The van der Waals surface area contributed by atoms with Crippen LogP contribution in [0.5, 0.6) is 5.75 Å². The fourth-order valence-electron chi connectivity index (χ4n) is 1.66. The molecule has 0 saturated carbocycles. The van der Waals surface area contributed by atoms with Gasteiger partial charge < -0.3 is 10.1 Å². The third-order valence-electron chi connectivity index (χ3n) is 2.77. The first-order chi connectivity index (χ1) is 8.69. The minimum Gasteiger partial charge on any atom is -0.496 e. The Hall–Kier alpha value is -1.03. The molecule has 1 amide bonds. The van der Waals surface area contributed by atoms with Gasteiger partial charge in [-0.1, -0.05) is 28.4 Å². The fraction of sp³-hybridized carbons (Fsp3) is 0.500. The van der Waals surface area contributed by atoms with Gasteiger partial charge in [-0.15, -0.1) is 0 Å². The summed E-state index contributed by atoms with van der Waals surface area (Å²) in [5.74, 6) is 0.717. The summed E-state index contributed by atoms with van der Waals surface area (Å²) in [5.41, 5.74) is 1.68. The molecular formula is C14H20BrNO2. The van der Waals surface area contributed by atoms with Gasteiger partial charge in [0.05, 0.1) is 7.11 Å². The highest BCUT2D eigenvalue weighted by Gasteiger charge is 2.07. The van der Waals surface area contributed by atoms with Crippen LogP contribution in [0.15, 0.2) is 18.2 Å². The summed E-state index contributed by atoms with van der Waals surface area (Å²) < 4.78 is 5.21. The van der Waals surface area contributed by atoms with E-state index in [0.717, 1.165) is 42.5 Å². The summed E-state index contributed by atoms with van der Waals surface area (Å²) in [7, 11) is 1.62. The first kappa shape index (κ1) is 15.0. The number of aryl methyl sites for hydroxylation is 1. The highest BCUT2D eigenvalue weighted by Crippen LogP contribution is 2.18. The first-order valence-corrected chi connectivity index (χ1v) is 7.30. The Labute approximate surface area is 117 Å². The monoisotopic (exact) mass is 313 g/mol. The zero-order valence-electron chi connectivity index (χ0n) is 11.0. The normalized spacial score (nSPS) is 10.2. The second kappa shape index (κ2) is 8.14. The Morgan fingerprint density at radius 2 is 2.11 bits per heavy atom. The van der Waals surface area contributed by atoms with Gasteiger partial charge in [-0.05, 0) is 37.5 Å². The fourth-order valence-corrected chi connectivity index (χ4v) is 2.06. The lowest BCUT2D eigenvalue weighted by Crippen LogP contribution is -2.24. The number of rotatable bonds is 7. The van der Waals surface area contributed by atoms with E-state index < -0.39 is 0 Å². The number of amides is 1. The second-order valence-corrected chi connectivity index (χ2v) is 4.98. The number of benzene rings is 1. The third-order valence-corrected chi connectivity index (χ3v) is 3.33. The molecule has 0 aliphatic carbocycles. The van der Waals surface area contributed by atoms with Crippen LogP contribution in [-0.4, -0.2) is 24.9 Å². The number of carbonyl (C=O) groups excluding carboxylic acids is 1. The van der Waals surface area contributed by atoms with Crippen molar-refractivity contribution in [2.75, 3.05) is 19.0 Å². The molecule has 0 bridgehead atoms. The Kier molecular flexibility index (Phi) is 6.80. The van der Waals surface area contributed by atoms with E-state index in [-0.39, 0.29) is 5.91 Å². The van der Waals surface area contributed by atoms with E-state index in [1.54, 1.807) is 13.2 Å². The number of carbonyl (C=O) groups is 1. The maximum atomic E-state index is 11.9. The van der Waals surface area contributed by atoms with Gasteiger partial charge in [0.1, 0.15) is 5.75 Å². The van der Waals surface area contributed by atoms with E-state index >= 15 is 0 Å². The van der Waals surface area contributed by atoms with E-state index in [1.807, 2.05) is 19.1 Å². The van der Waals surface area contributed by atoms with Crippen LogP contribution >= 0.6 is 15.9 Å². The zero-order chi connectivity index (χ0) is 13.4. The number of ether oxygens (including phenoxy) is 1. The molecule has 0 spiro atoms. The third kappa shape index (κ3) is 4.69. The second-order valence-electron chi connectivity index (χ2n) is 4.19. The van der Waals surface area contributed by atoms with Crippen molar-refractivity contribution in [1.82, 2.24) is 5.32 Å². The van der Waals surface area contributed by atoms with Crippen molar-refractivity contribution >= 4 is 21.8 Å². The van der Waals surface area contributed by atoms with Crippen molar-refractivity contribution in [2.24, 2.45) is 0 Å². The van der Waals surface area contributed by atoms with E-state index in [2.05, 4.69) is 21.2 Å². The maximum Gasteiger partial charge on any atom is 0.251 e. The molecular weight excluding hydrogens is 294 g/mol. The predicted molar refractivity (Wildman–Crippen MR) is 77.7 cm³/mol. The highest BCUT2D eigenvalue weighted by molar-refractivity contribution is 9.09. The van der Waals surface area contributed by atoms with Crippen molar-refractivity contribution in [3.8, 4) is 5.75 Å². The van der Waals surface area contributed by atoms with E-state index in [9.17, 15) is 4.79 Å². The minimum absolute atomic E-state index is 0.0351. The summed E-state index contributed by atoms with van der Waals surface area (Å²) in [6, 6.07) is 5.51. The SMILES string of the molecule is COc1cc(C(=O)NCCCCCBr)ccc1C. The largest absolute Gasteiger partial charge is 0.496 e. The van der Waals surface area contributed by atoms with Crippen molar-refractivity contribution < 1.29 is 9.53 Å². The number of hydrogen-bond acceptors (Lipinski definition) is 2. The molecule has 0 aliphatic heterocycles. The van der Waals surface area contributed by atoms with Crippen molar-refractivity contribution in [3.63, 3.8) is 0 Å². The Balaban J connectivity index is 2.46. The van der Waals surface area contributed by atoms with Crippen LogP contribution in [-0.2, 0) is 0 Å². The van der Waals surface area contributed by atoms with Crippen LogP contribution in [0, 0.1) is 6.92 Å². The lowest BCUT2D eigenvalue weighted by molar-refractivity contribution is 0.0952. The predicted octanol–water partition coefficient (Wildman–Crippen LogP) is 3.30. The summed E-state index contributed by atoms with van der Waals surface area (Å²) in [5, 5.41) is 3.94. The van der Waals surface area contributed by atoms with Gasteiger partial charge in [-0.25, -0.2) is 0 Å². The quantitative estimate of drug-likeness (QED) is 0.619. The lowest BCUT2D eigenvalue weighted by atomic mass is 10.1.